The molecule has 0 amide bonds. The molecule has 0 atom stereocenters. The quantitative estimate of drug-likeness (QED) is 0.475. The van der Waals surface area contributed by atoms with Gasteiger partial charge in [-0.25, -0.2) is 9.97 Å². The summed E-state index contributed by atoms with van der Waals surface area (Å²) in [5, 5.41) is 6.85. The van der Waals surface area contributed by atoms with Gasteiger partial charge in [-0.2, -0.15) is 18.3 Å². The summed E-state index contributed by atoms with van der Waals surface area (Å²) in [7, 11) is 0. The zero-order valence-corrected chi connectivity index (χ0v) is 15.0. The predicted molar refractivity (Wildman–Crippen MR) is 99.2 cm³/mol. The number of hydrogen-bond donors (Lipinski definition) is 1. The first kappa shape index (κ1) is 18.8. The average molecular weight is 392 g/mol. The fraction of sp³-hybridized carbons (Fsp3) is 0.167. The summed E-state index contributed by atoms with van der Waals surface area (Å²) in [5.41, 5.74) is 5.93. The van der Waals surface area contributed by atoms with Crippen LogP contribution in [-0.4, -0.2) is 28.5 Å². The van der Waals surface area contributed by atoms with E-state index in [1.165, 1.54) is 23.6 Å². The van der Waals surface area contributed by atoms with Crippen molar-refractivity contribution in [2.75, 3.05) is 12.0 Å². The fourth-order valence-corrected chi connectivity index (χ4v) is 2.89. The van der Waals surface area contributed by atoms with Gasteiger partial charge in [0.15, 0.2) is 6.61 Å². The molecule has 1 aromatic carbocycles. The highest BCUT2D eigenvalue weighted by atomic mass is 32.1. The summed E-state index contributed by atoms with van der Waals surface area (Å²) >= 11 is 1.40. The van der Waals surface area contributed by atoms with E-state index in [9.17, 15) is 13.2 Å². The molecule has 0 radical (unpaired) electrons. The molecule has 5 nitrogen and oxygen atoms in total. The number of halogens is 3. The molecule has 0 aliphatic carbocycles. The Labute approximate surface area is 157 Å². The number of anilines is 1. The van der Waals surface area contributed by atoms with Crippen LogP contribution in [0.1, 0.15) is 12.6 Å². The number of hydrogen-bond acceptors (Lipinski definition) is 6. The molecule has 2 heterocycles. The average Bonchev–Trinajstić information content (AvgIpc) is 3.15. The maximum atomic E-state index is 12.2. The van der Waals surface area contributed by atoms with Crippen molar-refractivity contribution in [3.63, 3.8) is 0 Å². The number of thiazole rings is 1. The molecular formula is C18H15F3N4OS. The van der Waals surface area contributed by atoms with E-state index in [1.54, 1.807) is 6.07 Å². The Bertz CT molecular complexity index is 908. The van der Waals surface area contributed by atoms with E-state index < -0.39 is 12.8 Å². The number of hydrazone groups is 1. The molecule has 3 aromatic rings. The van der Waals surface area contributed by atoms with E-state index in [0.29, 0.717) is 22.0 Å². The first-order valence-corrected chi connectivity index (χ1v) is 8.76. The third-order valence-electron chi connectivity index (χ3n) is 3.37. The van der Waals surface area contributed by atoms with Crippen LogP contribution in [0.3, 0.4) is 0 Å². The molecule has 0 fully saturated rings. The highest BCUT2D eigenvalue weighted by molar-refractivity contribution is 7.13. The fourth-order valence-electron chi connectivity index (χ4n) is 2.04. The maximum absolute atomic E-state index is 12.2. The normalized spacial score (nSPS) is 12.1. The zero-order valence-electron chi connectivity index (χ0n) is 14.2. The van der Waals surface area contributed by atoms with Crippen LogP contribution < -0.4 is 10.2 Å². The first-order valence-electron chi connectivity index (χ1n) is 7.88. The molecule has 2 aromatic heterocycles. The minimum absolute atomic E-state index is 0.0855. The molecule has 0 bridgehead atoms. The minimum atomic E-state index is -4.39. The number of benzene rings is 1. The lowest BCUT2D eigenvalue weighted by atomic mass is 10.3. The largest absolute Gasteiger partial charge is 0.468 e. The van der Waals surface area contributed by atoms with Gasteiger partial charge in [0.2, 0.25) is 5.88 Å². The monoisotopic (exact) mass is 392 g/mol. The summed E-state index contributed by atoms with van der Waals surface area (Å²) in [5.74, 6) is -0.0855. The number of alkyl halides is 3. The molecule has 140 valence electrons. The number of ether oxygens (including phenoxy) is 1. The van der Waals surface area contributed by atoms with Gasteiger partial charge in [0.25, 0.3) is 0 Å². The van der Waals surface area contributed by atoms with E-state index >= 15 is 0 Å². The van der Waals surface area contributed by atoms with Crippen molar-refractivity contribution < 1.29 is 17.9 Å². The van der Waals surface area contributed by atoms with Crippen molar-refractivity contribution in [1.82, 2.24) is 9.97 Å². The van der Waals surface area contributed by atoms with Gasteiger partial charge >= 0.3 is 6.18 Å². The number of para-hydroxylation sites is 1. The lowest BCUT2D eigenvalue weighted by Gasteiger charge is -2.08. The summed E-state index contributed by atoms with van der Waals surface area (Å²) < 4.78 is 41.1. The molecule has 0 aliphatic rings. The van der Waals surface area contributed by atoms with Crippen molar-refractivity contribution in [1.29, 1.82) is 0 Å². The van der Waals surface area contributed by atoms with Gasteiger partial charge in [-0.3, -0.25) is 5.43 Å². The van der Waals surface area contributed by atoms with Crippen LogP contribution in [0.4, 0.5) is 18.9 Å². The second-order valence-corrected chi connectivity index (χ2v) is 6.36. The molecule has 27 heavy (non-hydrogen) atoms. The summed E-state index contributed by atoms with van der Waals surface area (Å²) in [4.78, 5) is 8.38. The third kappa shape index (κ3) is 5.52. The second-order valence-electron chi connectivity index (χ2n) is 5.50. The van der Waals surface area contributed by atoms with Gasteiger partial charge in [0.05, 0.1) is 17.1 Å². The third-order valence-corrected chi connectivity index (χ3v) is 4.26. The van der Waals surface area contributed by atoms with Crippen LogP contribution >= 0.6 is 11.3 Å². The summed E-state index contributed by atoms with van der Waals surface area (Å²) in [6, 6.07) is 12.5. The Morgan fingerprint density at radius 2 is 1.96 bits per heavy atom. The van der Waals surface area contributed by atoms with Crippen LogP contribution in [0.15, 0.2) is 59.1 Å². The topological polar surface area (TPSA) is 59.4 Å². The molecule has 1 N–H and O–H groups in total. The van der Waals surface area contributed by atoms with Crippen molar-refractivity contribution in [2.24, 2.45) is 5.10 Å². The number of rotatable bonds is 6. The van der Waals surface area contributed by atoms with Crippen LogP contribution in [0.25, 0.3) is 10.6 Å². The lowest BCUT2D eigenvalue weighted by Crippen LogP contribution is -2.19. The van der Waals surface area contributed by atoms with Crippen LogP contribution in [0.2, 0.25) is 0 Å². The van der Waals surface area contributed by atoms with Gasteiger partial charge < -0.3 is 4.74 Å². The molecule has 0 saturated heterocycles. The van der Waals surface area contributed by atoms with E-state index in [-0.39, 0.29) is 5.88 Å². The van der Waals surface area contributed by atoms with E-state index in [4.69, 9.17) is 0 Å². The Morgan fingerprint density at radius 1 is 1.19 bits per heavy atom. The van der Waals surface area contributed by atoms with Crippen LogP contribution in [-0.2, 0) is 0 Å². The number of aromatic nitrogens is 2. The van der Waals surface area contributed by atoms with Crippen molar-refractivity contribution in [3.05, 3.63) is 59.7 Å². The molecular weight excluding hydrogens is 377 g/mol. The summed E-state index contributed by atoms with van der Waals surface area (Å²) in [6.45, 7) is 0.464. The smallest absolute Gasteiger partial charge is 0.422 e. The highest BCUT2D eigenvalue weighted by Crippen LogP contribution is 2.25. The Morgan fingerprint density at radius 3 is 2.63 bits per heavy atom. The Hall–Kier alpha value is -2.94. The van der Waals surface area contributed by atoms with Gasteiger partial charge in [-0.15, -0.1) is 11.3 Å². The van der Waals surface area contributed by atoms with Gasteiger partial charge in [0, 0.05) is 23.2 Å². The predicted octanol–water partition coefficient (Wildman–Crippen LogP) is 4.98. The standard InChI is InChI=1S/C18H15F3N4OS/c1-12(24-25-14-5-3-2-4-6-14)15-10-27-17(23-15)13-7-8-16(22-9-13)26-11-18(19,20)21/h2-10,25H,11H2,1H3/b24-12-. The van der Waals surface area contributed by atoms with Crippen LogP contribution in [0, 0.1) is 0 Å². The summed E-state index contributed by atoms with van der Waals surface area (Å²) in [6.07, 6.45) is -2.96. The van der Waals surface area contributed by atoms with E-state index in [2.05, 4.69) is 25.2 Å². The van der Waals surface area contributed by atoms with Crippen molar-refractivity contribution in [3.8, 4) is 16.5 Å². The number of nitrogens with one attached hydrogen (secondary N) is 1. The van der Waals surface area contributed by atoms with Gasteiger partial charge in [-0.1, -0.05) is 18.2 Å². The molecule has 0 spiro atoms. The highest BCUT2D eigenvalue weighted by Gasteiger charge is 2.28. The zero-order chi connectivity index (χ0) is 19.3. The van der Waals surface area contributed by atoms with Crippen molar-refractivity contribution in [2.45, 2.75) is 13.1 Å². The molecule has 0 unspecified atom stereocenters. The molecule has 3 rings (SSSR count). The number of nitrogens with zero attached hydrogens (tertiary/aromatic N) is 3. The van der Waals surface area contributed by atoms with Gasteiger partial charge in [0.1, 0.15) is 5.01 Å². The van der Waals surface area contributed by atoms with Crippen LogP contribution in [0.5, 0.6) is 5.88 Å². The Kier molecular flexibility index (Phi) is 5.70. The van der Waals surface area contributed by atoms with E-state index in [1.807, 2.05) is 42.6 Å². The molecule has 0 saturated carbocycles. The first-order chi connectivity index (χ1) is 12.9. The SMILES string of the molecule is C/C(=N/Nc1ccccc1)c1csc(-c2ccc(OCC(F)(F)F)nc2)n1. The second kappa shape index (κ2) is 8.17. The maximum Gasteiger partial charge on any atom is 0.422 e. The molecule has 0 aliphatic heterocycles. The van der Waals surface area contributed by atoms with E-state index in [0.717, 1.165) is 5.69 Å². The number of pyridine rings is 1. The lowest BCUT2D eigenvalue weighted by molar-refractivity contribution is -0.154. The minimum Gasteiger partial charge on any atom is -0.468 e. The molecule has 9 heteroatoms. The van der Waals surface area contributed by atoms with Gasteiger partial charge in [-0.05, 0) is 25.1 Å². The van der Waals surface area contributed by atoms with Crippen molar-refractivity contribution >= 4 is 22.7 Å². The Balaban J connectivity index is 1.66.